The van der Waals surface area contributed by atoms with E-state index in [9.17, 15) is 26.4 Å². The first-order valence-electron chi connectivity index (χ1n) is 8.96. The molecule has 0 unspecified atom stereocenters. The number of ether oxygens (including phenoxy) is 3. The minimum atomic E-state index is -4.57. The van der Waals surface area contributed by atoms with Crippen LogP contribution in [0.3, 0.4) is 0 Å². The average molecular weight is 497 g/mol. The smallest absolute Gasteiger partial charge is 0.422 e. The molecule has 2 rings (SSSR count). The summed E-state index contributed by atoms with van der Waals surface area (Å²) in [6.07, 6.45) is -4.87. The van der Waals surface area contributed by atoms with Crippen molar-refractivity contribution in [1.29, 1.82) is 0 Å². The van der Waals surface area contributed by atoms with Crippen LogP contribution in [0.25, 0.3) is 0 Å². The van der Waals surface area contributed by atoms with Gasteiger partial charge in [-0.3, -0.25) is 4.79 Å². The fourth-order valence-electron chi connectivity index (χ4n) is 2.46. The van der Waals surface area contributed by atoms with Gasteiger partial charge in [0.25, 0.3) is 0 Å². The zero-order valence-electron chi connectivity index (χ0n) is 17.0. The number of sulfonamides is 1. The average Bonchev–Trinajstić information content (AvgIpc) is 2.71. The molecular weight excluding hydrogens is 477 g/mol. The van der Waals surface area contributed by atoms with Crippen molar-refractivity contribution in [3.63, 3.8) is 0 Å². The van der Waals surface area contributed by atoms with Gasteiger partial charge in [0.15, 0.2) is 18.1 Å². The summed E-state index contributed by atoms with van der Waals surface area (Å²) in [5.74, 6) is -0.346. The van der Waals surface area contributed by atoms with Gasteiger partial charge in [-0.1, -0.05) is 11.6 Å². The van der Waals surface area contributed by atoms with Gasteiger partial charge in [0, 0.05) is 24.1 Å². The lowest BCUT2D eigenvalue weighted by molar-refractivity contribution is -0.153. The first-order chi connectivity index (χ1) is 14.9. The normalized spacial score (nSPS) is 11.7. The minimum absolute atomic E-state index is 0.0745. The highest BCUT2D eigenvalue weighted by molar-refractivity contribution is 7.89. The number of alkyl halides is 3. The van der Waals surface area contributed by atoms with Crippen molar-refractivity contribution in [3.8, 4) is 17.2 Å². The molecule has 176 valence electrons. The SMILES string of the molecule is COc1ccc(S(=O)(=O)NCCC(=O)Nc2cc(Cl)ccc2OCC(F)(F)F)cc1OC. The second-order valence-corrected chi connectivity index (χ2v) is 8.46. The molecular formula is C19H20ClF3N2O6S. The third-order valence-corrected chi connectivity index (χ3v) is 5.61. The Morgan fingerprint density at radius 3 is 2.31 bits per heavy atom. The van der Waals surface area contributed by atoms with Crippen LogP contribution in [-0.4, -0.2) is 47.9 Å². The first kappa shape index (κ1) is 25.6. The number of nitrogens with one attached hydrogen (secondary N) is 2. The Morgan fingerprint density at radius 1 is 1.03 bits per heavy atom. The van der Waals surface area contributed by atoms with Gasteiger partial charge in [-0.05, 0) is 30.3 Å². The fourth-order valence-corrected chi connectivity index (χ4v) is 3.68. The summed E-state index contributed by atoms with van der Waals surface area (Å²) < 4.78 is 79.1. The van der Waals surface area contributed by atoms with Crippen molar-refractivity contribution < 1.29 is 40.6 Å². The number of hydrogen-bond acceptors (Lipinski definition) is 6. The highest BCUT2D eigenvalue weighted by atomic mass is 35.5. The van der Waals surface area contributed by atoms with Gasteiger partial charge in [-0.2, -0.15) is 13.2 Å². The zero-order chi connectivity index (χ0) is 23.9. The van der Waals surface area contributed by atoms with E-state index in [2.05, 4.69) is 14.8 Å². The van der Waals surface area contributed by atoms with E-state index in [0.29, 0.717) is 5.75 Å². The van der Waals surface area contributed by atoms with Crippen molar-refractivity contribution >= 4 is 33.2 Å². The van der Waals surface area contributed by atoms with E-state index in [1.54, 1.807) is 0 Å². The van der Waals surface area contributed by atoms with E-state index in [-0.39, 0.29) is 40.1 Å². The molecule has 0 heterocycles. The molecule has 13 heteroatoms. The number of methoxy groups -OCH3 is 2. The van der Waals surface area contributed by atoms with Crippen LogP contribution in [0, 0.1) is 0 Å². The van der Waals surface area contributed by atoms with E-state index in [4.69, 9.17) is 21.1 Å². The van der Waals surface area contributed by atoms with Gasteiger partial charge < -0.3 is 19.5 Å². The van der Waals surface area contributed by atoms with Crippen molar-refractivity contribution in [1.82, 2.24) is 4.72 Å². The van der Waals surface area contributed by atoms with Crippen LogP contribution in [0.15, 0.2) is 41.3 Å². The molecule has 0 aliphatic carbocycles. The van der Waals surface area contributed by atoms with E-state index >= 15 is 0 Å². The molecule has 2 N–H and O–H groups in total. The number of halogens is 4. The summed E-state index contributed by atoms with van der Waals surface area (Å²) in [5, 5.41) is 2.52. The molecule has 0 atom stereocenters. The second-order valence-electron chi connectivity index (χ2n) is 6.26. The van der Waals surface area contributed by atoms with Gasteiger partial charge in [-0.25, -0.2) is 13.1 Å². The van der Waals surface area contributed by atoms with E-state index < -0.39 is 28.7 Å². The largest absolute Gasteiger partial charge is 0.493 e. The maximum absolute atomic E-state index is 12.4. The molecule has 1 amide bonds. The summed E-state index contributed by atoms with van der Waals surface area (Å²) in [7, 11) is -1.20. The monoisotopic (exact) mass is 496 g/mol. The standard InChI is InChI=1S/C19H20ClF3N2O6S/c1-29-16-6-4-13(10-17(16)30-2)32(27,28)24-8-7-18(26)25-14-9-12(20)3-5-15(14)31-11-19(21,22)23/h3-6,9-10,24H,7-8,11H2,1-2H3,(H,25,26). The van der Waals surface area contributed by atoms with Gasteiger partial charge in [-0.15, -0.1) is 0 Å². The molecule has 0 saturated carbocycles. The Kier molecular flexibility index (Phi) is 8.58. The number of carbonyl (C=O) groups is 1. The predicted molar refractivity (Wildman–Crippen MR) is 111 cm³/mol. The Labute approximate surface area is 187 Å². The second kappa shape index (κ2) is 10.7. The number of rotatable bonds is 10. The Bertz CT molecular complexity index is 1060. The molecule has 0 spiro atoms. The van der Waals surface area contributed by atoms with Crippen molar-refractivity contribution in [2.45, 2.75) is 17.5 Å². The van der Waals surface area contributed by atoms with Crippen molar-refractivity contribution in [2.24, 2.45) is 0 Å². The van der Waals surface area contributed by atoms with E-state index in [1.165, 1.54) is 50.6 Å². The lowest BCUT2D eigenvalue weighted by Gasteiger charge is -2.14. The molecule has 8 nitrogen and oxygen atoms in total. The lowest BCUT2D eigenvalue weighted by atomic mass is 10.2. The molecule has 0 radical (unpaired) electrons. The van der Waals surface area contributed by atoms with Crippen LogP contribution in [-0.2, 0) is 14.8 Å². The van der Waals surface area contributed by atoms with Gasteiger partial charge in [0.2, 0.25) is 15.9 Å². The number of hydrogen-bond donors (Lipinski definition) is 2. The molecule has 32 heavy (non-hydrogen) atoms. The lowest BCUT2D eigenvalue weighted by Crippen LogP contribution is -2.28. The molecule has 2 aromatic carbocycles. The molecule has 0 aromatic heterocycles. The number of anilines is 1. The highest BCUT2D eigenvalue weighted by Crippen LogP contribution is 2.30. The maximum atomic E-state index is 12.4. The van der Waals surface area contributed by atoms with Crippen LogP contribution < -0.4 is 24.2 Å². The Balaban J connectivity index is 1.99. The Hall–Kier alpha value is -2.70. The van der Waals surface area contributed by atoms with Crippen LogP contribution in [0.2, 0.25) is 5.02 Å². The maximum Gasteiger partial charge on any atom is 0.422 e. The van der Waals surface area contributed by atoms with E-state index in [0.717, 1.165) is 0 Å². The third-order valence-electron chi connectivity index (χ3n) is 3.92. The summed E-state index contributed by atoms with van der Waals surface area (Å²) in [6.45, 7) is -1.83. The van der Waals surface area contributed by atoms with Crippen LogP contribution in [0.5, 0.6) is 17.2 Å². The van der Waals surface area contributed by atoms with Gasteiger partial charge in [0.05, 0.1) is 24.8 Å². The van der Waals surface area contributed by atoms with Gasteiger partial charge in [0.1, 0.15) is 5.75 Å². The molecule has 0 saturated heterocycles. The highest BCUT2D eigenvalue weighted by Gasteiger charge is 2.29. The summed E-state index contributed by atoms with van der Waals surface area (Å²) in [5.41, 5.74) is -0.0745. The topological polar surface area (TPSA) is 103 Å². The zero-order valence-corrected chi connectivity index (χ0v) is 18.5. The predicted octanol–water partition coefficient (Wildman–Crippen LogP) is 3.61. The molecule has 0 bridgehead atoms. The fraction of sp³-hybridized carbons (Fsp3) is 0.316. The minimum Gasteiger partial charge on any atom is -0.493 e. The Morgan fingerprint density at radius 2 is 1.69 bits per heavy atom. The van der Waals surface area contributed by atoms with Crippen LogP contribution in [0.4, 0.5) is 18.9 Å². The summed E-state index contributed by atoms with van der Waals surface area (Å²) in [4.78, 5) is 12.1. The van der Waals surface area contributed by atoms with Gasteiger partial charge >= 0.3 is 6.18 Å². The quantitative estimate of drug-likeness (QED) is 0.521. The molecule has 0 fully saturated rings. The van der Waals surface area contributed by atoms with E-state index in [1.807, 2.05) is 0 Å². The molecule has 0 aliphatic heterocycles. The van der Waals surface area contributed by atoms with Crippen LogP contribution in [0.1, 0.15) is 6.42 Å². The molecule has 0 aliphatic rings. The van der Waals surface area contributed by atoms with Crippen molar-refractivity contribution in [2.75, 3.05) is 32.7 Å². The van der Waals surface area contributed by atoms with Crippen LogP contribution >= 0.6 is 11.6 Å². The number of carbonyl (C=O) groups excluding carboxylic acids is 1. The summed E-state index contributed by atoms with van der Waals surface area (Å²) in [6, 6.07) is 7.70. The van der Waals surface area contributed by atoms with Crippen molar-refractivity contribution in [3.05, 3.63) is 41.4 Å². The summed E-state index contributed by atoms with van der Waals surface area (Å²) >= 11 is 5.83. The third kappa shape index (κ3) is 7.46. The number of benzene rings is 2. The first-order valence-corrected chi connectivity index (χ1v) is 10.8. The molecule has 2 aromatic rings. The number of amides is 1.